The van der Waals surface area contributed by atoms with E-state index in [0.29, 0.717) is 12.5 Å². The third kappa shape index (κ3) is 3.42. The van der Waals surface area contributed by atoms with Crippen LogP contribution in [0, 0.1) is 17.8 Å². The van der Waals surface area contributed by atoms with Crippen LogP contribution in [0.3, 0.4) is 0 Å². The molecule has 0 amide bonds. The summed E-state index contributed by atoms with van der Waals surface area (Å²) >= 11 is 0. The summed E-state index contributed by atoms with van der Waals surface area (Å²) in [4.78, 5) is 25.1. The molecule has 3 aliphatic rings. The Morgan fingerprint density at radius 3 is 1.71 bits per heavy atom. The third-order valence-electron chi connectivity index (χ3n) is 5.92. The fourth-order valence-electron chi connectivity index (χ4n) is 4.74. The average molecular weight is 386 g/mol. The fraction of sp³-hybridized carbons (Fsp3) is 0.391. The van der Waals surface area contributed by atoms with Crippen LogP contribution in [0.2, 0.25) is 0 Å². The second-order valence-electron chi connectivity index (χ2n) is 7.93. The van der Waals surface area contributed by atoms with E-state index in [4.69, 9.17) is 4.74 Å². The SMILES string of the molecule is CC(C)CCOC(=O)[C@@H]1C2c3ccccc3C(c3ccccc32)[C@@H]1C(=O)[O-].[Na+]. The summed E-state index contributed by atoms with van der Waals surface area (Å²) < 4.78 is 5.53. The summed E-state index contributed by atoms with van der Waals surface area (Å²) in [6.07, 6.45) is 0.760. The van der Waals surface area contributed by atoms with Gasteiger partial charge in [0.1, 0.15) is 0 Å². The summed E-state index contributed by atoms with van der Waals surface area (Å²) in [6, 6.07) is 15.7. The van der Waals surface area contributed by atoms with Crippen molar-refractivity contribution in [2.45, 2.75) is 32.1 Å². The number of carboxylic acids is 1. The molecule has 2 atom stereocenters. The molecule has 5 rings (SSSR count). The molecule has 0 radical (unpaired) electrons. The maximum absolute atomic E-state index is 13.0. The number of esters is 1. The zero-order valence-corrected chi connectivity index (χ0v) is 18.6. The Morgan fingerprint density at radius 2 is 1.32 bits per heavy atom. The van der Waals surface area contributed by atoms with Gasteiger partial charge >= 0.3 is 35.5 Å². The number of benzene rings is 2. The Labute approximate surface area is 187 Å². The summed E-state index contributed by atoms with van der Waals surface area (Å²) in [5, 5.41) is 12.1. The van der Waals surface area contributed by atoms with Crippen LogP contribution >= 0.6 is 0 Å². The van der Waals surface area contributed by atoms with E-state index in [-0.39, 0.29) is 41.4 Å². The van der Waals surface area contributed by atoms with E-state index < -0.39 is 23.8 Å². The Bertz CT molecular complexity index is 844. The number of carbonyl (C=O) groups is 2. The van der Waals surface area contributed by atoms with Gasteiger partial charge in [0, 0.05) is 23.7 Å². The van der Waals surface area contributed by atoms with Gasteiger partial charge in [-0.1, -0.05) is 62.4 Å². The van der Waals surface area contributed by atoms with Crippen LogP contribution in [-0.2, 0) is 14.3 Å². The topological polar surface area (TPSA) is 66.4 Å². The molecule has 0 spiro atoms. The van der Waals surface area contributed by atoms with Crippen molar-refractivity contribution in [1.82, 2.24) is 0 Å². The minimum Gasteiger partial charge on any atom is -0.550 e. The quantitative estimate of drug-likeness (QED) is 0.530. The van der Waals surface area contributed by atoms with Crippen molar-refractivity contribution in [3.8, 4) is 0 Å². The van der Waals surface area contributed by atoms with Crippen molar-refractivity contribution in [3.63, 3.8) is 0 Å². The van der Waals surface area contributed by atoms with Crippen molar-refractivity contribution < 1.29 is 49.0 Å². The smallest absolute Gasteiger partial charge is 0.550 e. The van der Waals surface area contributed by atoms with Gasteiger partial charge in [-0.3, -0.25) is 4.79 Å². The molecule has 5 heteroatoms. The van der Waals surface area contributed by atoms with Crippen molar-refractivity contribution in [2.75, 3.05) is 6.61 Å². The van der Waals surface area contributed by atoms with E-state index in [1.54, 1.807) is 0 Å². The van der Waals surface area contributed by atoms with E-state index in [2.05, 4.69) is 13.8 Å². The van der Waals surface area contributed by atoms with Gasteiger partial charge < -0.3 is 14.6 Å². The zero-order valence-electron chi connectivity index (χ0n) is 16.6. The summed E-state index contributed by atoms with van der Waals surface area (Å²) in [5.41, 5.74) is 4.04. The normalized spacial score (nSPS) is 24.1. The molecule has 2 aromatic carbocycles. The van der Waals surface area contributed by atoms with Gasteiger partial charge in [0.15, 0.2) is 0 Å². The summed E-state index contributed by atoms with van der Waals surface area (Å²) in [5.74, 6) is -3.54. The molecule has 0 N–H and O–H groups in total. The maximum Gasteiger partial charge on any atom is 1.00 e. The van der Waals surface area contributed by atoms with E-state index in [9.17, 15) is 14.7 Å². The summed E-state index contributed by atoms with van der Waals surface area (Å²) in [6.45, 7) is 4.44. The number of carbonyl (C=O) groups excluding carboxylic acids is 2. The Kier molecular flexibility index (Phi) is 6.33. The molecule has 0 saturated heterocycles. The van der Waals surface area contributed by atoms with Gasteiger partial charge in [-0.25, -0.2) is 0 Å². The molecule has 0 saturated carbocycles. The van der Waals surface area contributed by atoms with Gasteiger partial charge in [-0.05, 0) is 34.6 Å². The number of fused-ring (bicyclic) bond motifs is 1. The molecule has 0 heterocycles. The van der Waals surface area contributed by atoms with Gasteiger partial charge in [0.25, 0.3) is 0 Å². The first-order valence-corrected chi connectivity index (χ1v) is 9.55. The minimum absolute atomic E-state index is 0. The monoisotopic (exact) mass is 386 g/mol. The Balaban J connectivity index is 0.00000225. The molecule has 4 nitrogen and oxygen atoms in total. The van der Waals surface area contributed by atoms with Crippen molar-refractivity contribution in [2.24, 2.45) is 17.8 Å². The molecular weight excluding hydrogens is 363 g/mol. The standard InChI is InChI=1S/C23H24O4.Na/c1-13(2)11-12-27-23(26)21-19-16-9-5-3-7-14(16)18(20(21)22(24)25)15-8-4-6-10-17(15)19;/h3-10,13,18-21H,11-12H2,1-2H3,(H,24,25);/q;+1/p-1/t18?,19?,20-,21+;/m0./s1. The number of hydrogen-bond donors (Lipinski definition) is 0. The molecule has 0 unspecified atom stereocenters. The van der Waals surface area contributed by atoms with E-state index >= 15 is 0 Å². The van der Waals surface area contributed by atoms with Crippen LogP contribution in [0.15, 0.2) is 48.5 Å². The Hall–Kier alpha value is -1.62. The largest absolute Gasteiger partial charge is 1.00 e. The number of carboxylic acid groups (broad SMARTS) is 1. The summed E-state index contributed by atoms with van der Waals surface area (Å²) in [7, 11) is 0. The van der Waals surface area contributed by atoms with Crippen molar-refractivity contribution in [1.29, 1.82) is 0 Å². The molecule has 140 valence electrons. The average Bonchev–Trinajstić information content (AvgIpc) is 2.66. The molecule has 28 heavy (non-hydrogen) atoms. The fourth-order valence-corrected chi connectivity index (χ4v) is 4.74. The minimum atomic E-state index is -1.18. The van der Waals surface area contributed by atoms with Gasteiger partial charge in [-0.15, -0.1) is 0 Å². The first-order valence-electron chi connectivity index (χ1n) is 9.55. The molecule has 3 aliphatic carbocycles. The Morgan fingerprint density at radius 1 is 0.893 bits per heavy atom. The predicted octanol–water partition coefficient (Wildman–Crippen LogP) is -0.147. The molecular formula is C23H23NaO4. The molecule has 2 aromatic rings. The van der Waals surface area contributed by atoms with Gasteiger partial charge in [0.05, 0.1) is 12.5 Å². The second-order valence-corrected chi connectivity index (χ2v) is 7.93. The first-order chi connectivity index (χ1) is 13.0. The molecule has 2 bridgehead atoms. The van der Waals surface area contributed by atoms with Crippen LogP contribution in [-0.4, -0.2) is 18.5 Å². The van der Waals surface area contributed by atoms with Crippen LogP contribution < -0.4 is 34.7 Å². The van der Waals surface area contributed by atoms with Crippen molar-refractivity contribution >= 4 is 11.9 Å². The number of aliphatic carboxylic acids is 1. The molecule has 0 fully saturated rings. The van der Waals surface area contributed by atoms with Gasteiger partial charge in [-0.2, -0.15) is 0 Å². The van der Waals surface area contributed by atoms with Crippen LogP contribution in [0.5, 0.6) is 0 Å². The number of ether oxygens (including phenoxy) is 1. The van der Waals surface area contributed by atoms with Crippen LogP contribution in [0.4, 0.5) is 0 Å². The van der Waals surface area contributed by atoms with Crippen LogP contribution in [0.25, 0.3) is 0 Å². The second kappa shape index (κ2) is 8.40. The number of rotatable bonds is 5. The van der Waals surface area contributed by atoms with E-state index in [1.807, 2.05) is 48.5 Å². The van der Waals surface area contributed by atoms with E-state index in [0.717, 1.165) is 28.7 Å². The maximum atomic E-state index is 13.0. The molecule has 0 aliphatic heterocycles. The predicted molar refractivity (Wildman–Crippen MR) is 99.0 cm³/mol. The first kappa shape index (κ1) is 21.1. The third-order valence-corrected chi connectivity index (χ3v) is 5.92. The van der Waals surface area contributed by atoms with E-state index in [1.165, 1.54) is 0 Å². The molecule has 0 aromatic heterocycles. The van der Waals surface area contributed by atoms with Crippen molar-refractivity contribution in [3.05, 3.63) is 70.8 Å². The van der Waals surface area contributed by atoms with Gasteiger partial charge in [0.2, 0.25) is 0 Å². The number of hydrogen-bond acceptors (Lipinski definition) is 4. The van der Waals surface area contributed by atoms with Crippen LogP contribution in [0.1, 0.15) is 54.4 Å². The zero-order chi connectivity index (χ0) is 19.1.